The lowest BCUT2D eigenvalue weighted by molar-refractivity contribution is -0.137. The quantitative estimate of drug-likeness (QED) is 0.320. The van der Waals surface area contributed by atoms with Crippen molar-refractivity contribution in [1.82, 2.24) is 4.98 Å². The van der Waals surface area contributed by atoms with Crippen LogP contribution in [0.2, 0.25) is 10.0 Å². The van der Waals surface area contributed by atoms with Crippen LogP contribution >= 0.6 is 23.2 Å². The average molecular weight is 455 g/mol. The van der Waals surface area contributed by atoms with Crippen LogP contribution in [0.1, 0.15) is 22.3 Å². The molecule has 0 bridgehead atoms. The van der Waals surface area contributed by atoms with Crippen LogP contribution in [0.3, 0.4) is 0 Å². The third kappa shape index (κ3) is 5.23. The molecule has 3 rings (SSSR count). The fourth-order valence-corrected chi connectivity index (χ4v) is 3.01. The third-order valence-electron chi connectivity index (χ3n) is 4.07. The molecule has 4 nitrogen and oxygen atoms in total. The molecule has 0 amide bonds. The maximum Gasteiger partial charge on any atom is 0.417 e. The van der Waals surface area contributed by atoms with Crippen molar-refractivity contribution >= 4 is 28.9 Å². The summed E-state index contributed by atoms with van der Waals surface area (Å²) in [5.41, 5.74) is 1.78. The number of rotatable bonds is 6. The smallest absolute Gasteiger partial charge is 0.417 e. The summed E-state index contributed by atoms with van der Waals surface area (Å²) in [5.74, 6) is -0.101. The molecule has 0 fully saturated rings. The summed E-state index contributed by atoms with van der Waals surface area (Å²) in [5, 5.41) is 4.47. The molecule has 0 spiro atoms. The van der Waals surface area contributed by atoms with Gasteiger partial charge in [-0.05, 0) is 23.8 Å². The molecule has 0 saturated heterocycles. The van der Waals surface area contributed by atoms with Gasteiger partial charge in [-0.3, -0.25) is 0 Å². The van der Waals surface area contributed by atoms with Crippen LogP contribution in [-0.2, 0) is 17.6 Å². The van der Waals surface area contributed by atoms with Crippen molar-refractivity contribution < 1.29 is 22.7 Å². The van der Waals surface area contributed by atoms with E-state index in [0.717, 1.165) is 11.6 Å². The first-order valence-corrected chi connectivity index (χ1v) is 9.36. The number of ether oxygens (including phenoxy) is 1. The summed E-state index contributed by atoms with van der Waals surface area (Å²) < 4.78 is 43.9. The normalized spacial score (nSPS) is 12.0. The van der Waals surface area contributed by atoms with Crippen LogP contribution in [0, 0.1) is 0 Å². The molecule has 1 heterocycles. The van der Waals surface area contributed by atoms with Gasteiger partial charge in [-0.1, -0.05) is 64.8 Å². The van der Waals surface area contributed by atoms with Gasteiger partial charge >= 0.3 is 6.18 Å². The number of oxime groups is 1. The lowest BCUT2D eigenvalue weighted by Crippen LogP contribution is -2.10. The van der Waals surface area contributed by atoms with Gasteiger partial charge in [0.2, 0.25) is 5.88 Å². The van der Waals surface area contributed by atoms with E-state index in [1.54, 1.807) is 36.4 Å². The maximum absolute atomic E-state index is 12.8. The van der Waals surface area contributed by atoms with E-state index in [0.29, 0.717) is 28.1 Å². The van der Waals surface area contributed by atoms with E-state index in [9.17, 15) is 13.2 Å². The number of hydrogen-bond donors (Lipinski definition) is 0. The van der Waals surface area contributed by atoms with Crippen LogP contribution in [-0.4, -0.2) is 17.8 Å². The molecule has 0 radical (unpaired) electrons. The van der Waals surface area contributed by atoms with Crippen LogP contribution in [0.5, 0.6) is 5.88 Å². The number of aromatic nitrogens is 1. The fourth-order valence-electron chi connectivity index (χ4n) is 2.67. The van der Waals surface area contributed by atoms with Gasteiger partial charge in [-0.2, -0.15) is 13.2 Å². The minimum Gasteiger partial charge on any atom is -0.472 e. The van der Waals surface area contributed by atoms with Gasteiger partial charge in [0.1, 0.15) is 24.5 Å². The molecule has 1 aromatic heterocycles. The third-order valence-corrected chi connectivity index (χ3v) is 4.59. The molecule has 0 aliphatic heterocycles. The number of halogens is 5. The molecule has 0 saturated carbocycles. The number of hydrogen-bond acceptors (Lipinski definition) is 4. The molecule has 0 aliphatic carbocycles. The van der Waals surface area contributed by atoms with Crippen molar-refractivity contribution in [3.63, 3.8) is 0 Å². The van der Waals surface area contributed by atoms with E-state index in [4.69, 9.17) is 32.8 Å². The molecule has 0 aliphatic rings. The largest absolute Gasteiger partial charge is 0.472 e. The molecule has 156 valence electrons. The Morgan fingerprint density at radius 2 is 1.77 bits per heavy atom. The lowest BCUT2D eigenvalue weighted by Gasteiger charge is -2.14. The Kier molecular flexibility index (Phi) is 6.84. The van der Waals surface area contributed by atoms with Gasteiger partial charge in [0.25, 0.3) is 0 Å². The van der Waals surface area contributed by atoms with Crippen molar-refractivity contribution in [3.05, 3.63) is 93.1 Å². The second kappa shape index (κ2) is 9.36. The molecule has 30 heavy (non-hydrogen) atoms. The van der Waals surface area contributed by atoms with E-state index < -0.39 is 11.7 Å². The zero-order valence-electron chi connectivity index (χ0n) is 15.6. The molecule has 3 aromatic rings. The van der Waals surface area contributed by atoms with Gasteiger partial charge in [-0.25, -0.2) is 4.98 Å². The van der Waals surface area contributed by atoms with Gasteiger partial charge in [0.05, 0.1) is 5.56 Å². The monoisotopic (exact) mass is 454 g/mol. The maximum atomic E-state index is 12.8. The van der Waals surface area contributed by atoms with E-state index in [1.165, 1.54) is 7.11 Å². The summed E-state index contributed by atoms with van der Waals surface area (Å²) in [6.07, 6.45) is -3.86. The number of nitrogens with zero attached hydrogens (tertiary/aromatic N) is 2. The van der Waals surface area contributed by atoms with E-state index in [1.807, 2.05) is 12.1 Å². The Hall–Kier alpha value is -2.77. The SMILES string of the molecule is CO/N=C(/c1ccc(Cl)cc1)c1ccccc1COc1ncc(C(F)(F)F)cc1Cl. The zero-order valence-corrected chi connectivity index (χ0v) is 17.1. The summed E-state index contributed by atoms with van der Waals surface area (Å²) in [6, 6.07) is 15.1. The minimum atomic E-state index is -4.54. The zero-order chi connectivity index (χ0) is 21.7. The van der Waals surface area contributed by atoms with Crippen molar-refractivity contribution in [2.24, 2.45) is 5.16 Å². The molecular weight excluding hydrogens is 440 g/mol. The van der Waals surface area contributed by atoms with Gasteiger partial charge < -0.3 is 9.57 Å². The van der Waals surface area contributed by atoms with Crippen molar-refractivity contribution in [1.29, 1.82) is 0 Å². The standard InChI is InChI=1S/C21H15Cl2F3N2O2/c1-29-28-19(13-6-8-16(22)9-7-13)17-5-3-2-4-14(17)12-30-20-18(23)10-15(11-27-20)21(24,25)26/h2-11H,12H2,1H3/b28-19-. The highest BCUT2D eigenvalue weighted by molar-refractivity contribution is 6.32. The molecule has 9 heteroatoms. The van der Waals surface area contributed by atoms with Crippen LogP contribution in [0.15, 0.2) is 65.9 Å². The van der Waals surface area contributed by atoms with Crippen LogP contribution in [0.25, 0.3) is 0 Å². The van der Waals surface area contributed by atoms with E-state index in [-0.39, 0.29) is 17.5 Å². The highest BCUT2D eigenvalue weighted by Crippen LogP contribution is 2.33. The van der Waals surface area contributed by atoms with E-state index >= 15 is 0 Å². The molecule has 0 unspecified atom stereocenters. The Morgan fingerprint density at radius 3 is 2.40 bits per heavy atom. The summed E-state index contributed by atoms with van der Waals surface area (Å²) >= 11 is 11.9. The number of benzene rings is 2. The van der Waals surface area contributed by atoms with Gasteiger partial charge in [0, 0.05) is 22.3 Å². The Balaban J connectivity index is 1.88. The summed E-state index contributed by atoms with van der Waals surface area (Å²) in [6.45, 7) is 0.00455. The van der Waals surface area contributed by atoms with Gasteiger partial charge in [-0.15, -0.1) is 0 Å². The molecule has 2 aromatic carbocycles. The van der Waals surface area contributed by atoms with E-state index in [2.05, 4.69) is 10.1 Å². The number of alkyl halides is 3. The fraction of sp³-hybridized carbons (Fsp3) is 0.143. The van der Waals surface area contributed by atoms with Crippen molar-refractivity contribution in [2.45, 2.75) is 12.8 Å². The molecular formula is C21H15Cl2F3N2O2. The molecule has 0 N–H and O–H groups in total. The first-order valence-electron chi connectivity index (χ1n) is 8.60. The van der Waals surface area contributed by atoms with Crippen LogP contribution < -0.4 is 4.74 Å². The highest BCUT2D eigenvalue weighted by Gasteiger charge is 2.31. The average Bonchev–Trinajstić information content (AvgIpc) is 2.71. The van der Waals surface area contributed by atoms with Gasteiger partial charge in [0.15, 0.2) is 0 Å². The number of pyridine rings is 1. The topological polar surface area (TPSA) is 43.7 Å². The predicted molar refractivity (Wildman–Crippen MR) is 109 cm³/mol. The summed E-state index contributed by atoms with van der Waals surface area (Å²) in [7, 11) is 1.43. The molecule has 0 atom stereocenters. The Labute approximate surface area is 180 Å². The second-order valence-corrected chi connectivity index (χ2v) is 6.93. The Bertz CT molecular complexity index is 1050. The predicted octanol–water partition coefficient (Wildman–Crippen LogP) is 6.39. The second-order valence-electron chi connectivity index (χ2n) is 6.08. The summed E-state index contributed by atoms with van der Waals surface area (Å²) in [4.78, 5) is 8.69. The van der Waals surface area contributed by atoms with Crippen molar-refractivity contribution in [2.75, 3.05) is 7.11 Å². The minimum absolute atomic E-state index is 0.00455. The first kappa shape index (κ1) is 21.9. The first-order chi connectivity index (χ1) is 14.3. The lowest BCUT2D eigenvalue weighted by atomic mass is 9.98. The van der Waals surface area contributed by atoms with Crippen molar-refractivity contribution in [3.8, 4) is 5.88 Å². The van der Waals surface area contributed by atoms with Crippen LogP contribution in [0.4, 0.5) is 13.2 Å². The Morgan fingerprint density at radius 1 is 1.07 bits per heavy atom. The highest BCUT2D eigenvalue weighted by atomic mass is 35.5.